The number of amidine groups is 1. The van der Waals surface area contributed by atoms with Gasteiger partial charge in [-0.05, 0) is 85.9 Å². The molecular weight excluding hydrogens is 831 g/mol. The van der Waals surface area contributed by atoms with E-state index >= 15 is 0 Å². The molecule has 0 saturated carbocycles. The Labute approximate surface area is 369 Å². The fourth-order valence-electron chi connectivity index (χ4n) is 9.41. The molecule has 6 heterocycles. The third-order valence-electron chi connectivity index (χ3n) is 12.8. The number of imide groups is 2. The van der Waals surface area contributed by atoms with Crippen LogP contribution in [-0.2, 0) is 25.5 Å². The van der Waals surface area contributed by atoms with Crippen molar-refractivity contribution in [2.45, 2.75) is 76.3 Å². The Balaban J connectivity index is 0.849. The van der Waals surface area contributed by atoms with E-state index in [1.54, 1.807) is 35.2 Å². The summed E-state index contributed by atoms with van der Waals surface area (Å²) >= 11 is 0. The monoisotopic (exact) mass is 884 g/mol. The Bertz CT molecular complexity index is 2310. The third-order valence-corrected chi connectivity index (χ3v) is 12.8. The van der Waals surface area contributed by atoms with Crippen LogP contribution in [0.4, 0.5) is 25.0 Å². The zero-order valence-electron chi connectivity index (χ0n) is 35.8. The second-order valence-corrected chi connectivity index (χ2v) is 16.9. The molecule has 2 fully saturated rings. The maximum Gasteiger partial charge on any atom is 0.317 e. The predicted octanol–water partition coefficient (Wildman–Crippen LogP) is 3.49. The fraction of sp³-hybridized carbons (Fsp3) is 0.489. The van der Waals surface area contributed by atoms with Gasteiger partial charge in [0, 0.05) is 106 Å². The minimum Gasteiger partial charge on any atom is -0.385 e. The number of anilines is 2. The van der Waals surface area contributed by atoms with E-state index in [0.29, 0.717) is 101 Å². The van der Waals surface area contributed by atoms with Crippen LogP contribution in [0.3, 0.4) is 0 Å². The highest BCUT2D eigenvalue weighted by Crippen LogP contribution is 2.41. The van der Waals surface area contributed by atoms with Crippen molar-refractivity contribution in [1.82, 2.24) is 36.0 Å². The first-order valence-corrected chi connectivity index (χ1v) is 22.1. The van der Waals surface area contributed by atoms with Gasteiger partial charge in [-0.15, -0.1) is 0 Å². The van der Waals surface area contributed by atoms with E-state index < -0.39 is 36.1 Å². The molecule has 2 saturated heterocycles. The van der Waals surface area contributed by atoms with Gasteiger partial charge in [0.25, 0.3) is 18.2 Å². The van der Waals surface area contributed by atoms with Gasteiger partial charge in [-0.2, -0.15) is 0 Å². The Kier molecular flexibility index (Phi) is 13.2. The van der Waals surface area contributed by atoms with Crippen LogP contribution >= 0.6 is 0 Å². The highest BCUT2D eigenvalue weighted by Gasteiger charge is 2.45. The lowest BCUT2D eigenvalue weighted by atomic mass is 9.95. The van der Waals surface area contributed by atoms with Crippen LogP contribution in [0.1, 0.15) is 95.2 Å². The number of urea groups is 1. The fourth-order valence-corrected chi connectivity index (χ4v) is 9.41. The number of carbonyl (C=O) groups excluding carboxylic acids is 6. The first-order chi connectivity index (χ1) is 30.9. The van der Waals surface area contributed by atoms with Crippen molar-refractivity contribution in [2.75, 3.05) is 76.3 Å². The van der Waals surface area contributed by atoms with Gasteiger partial charge in [-0.3, -0.25) is 39.6 Å². The van der Waals surface area contributed by atoms with Gasteiger partial charge < -0.3 is 40.7 Å². The van der Waals surface area contributed by atoms with Crippen molar-refractivity contribution in [3.05, 3.63) is 75.6 Å². The molecule has 6 aliphatic heterocycles. The maximum atomic E-state index is 14.9. The van der Waals surface area contributed by atoms with E-state index in [1.165, 1.54) is 12.1 Å². The molecule has 7 amide bonds. The molecule has 1 unspecified atom stereocenters. The number of nitrogens with one attached hydrogen (secondary N) is 6. The summed E-state index contributed by atoms with van der Waals surface area (Å²) in [7, 11) is 1.57. The highest BCUT2D eigenvalue weighted by atomic mass is 19.3. The Hall–Kier alpha value is -6.37. The molecule has 8 rings (SSSR count). The maximum absolute atomic E-state index is 14.9. The number of halogens is 2. The van der Waals surface area contributed by atoms with E-state index in [4.69, 9.17) is 4.74 Å². The molecule has 0 bridgehead atoms. The van der Waals surface area contributed by atoms with Crippen LogP contribution in [0.2, 0.25) is 0 Å². The second-order valence-electron chi connectivity index (χ2n) is 16.9. The minimum atomic E-state index is -2.77. The summed E-state index contributed by atoms with van der Waals surface area (Å²) < 4.78 is 35.2. The van der Waals surface area contributed by atoms with Gasteiger partial charge in [0.1, 0.15) is 11.9 Å². The Morgan fingerprint density at radius 2 is 1.73 bits per heavy atom. The normalized spacial score (nSPS) is 20.1. The molecule has 0 radical (unpaired) electrons. The zero-order chi connectivity index (χ0) is 45.1. The van der Waals surface area contributed by atoms with Crippen LogP contribution in [0.25, 0.3) is 5.57 Å². The summed E-state index contributed by atoms with van der Waals surface area (Å²) in [4.78, 5) is 82.4. The van der Waals surface area contributed by atoms with Crippen LogP contribution in [0.15, 0.2) is 47.8 Å². The first-order valence-electron chi connectivity index (χ1n) is 22.1. The van der Waals surface area contributed by atoms with Crippen LogP contribution in [0.5, 0.6) is 0 Å². The molecule has 1 atom stereocenters. The minimum absolute atomic E-state index is 0.0343. The molecule has 19 heteroatoms. The molecule has 6 aliphatic rings. The number of unbranched alkanes of at least 4 members (excludes halogenated alkanes) is 1. The summed E-state index contributed by atoms with van der Waals surface area (Å²) in [6.07, 6.45) is 3.62. The first kappa shape index (κ1) is 44.2. The number of hydrogen-bond acceptors (Lipinski definition) is 11. The molecule has 2 aromatic carbocycles. The molecule has 340 valence electrons. The molecular formula is C45H54F2N10O7. The summed E-state index contributed by atoms with van der Waals surface area (Å²) in [6.45, 7) is 3.84. The number of benzene rings is 2. The predicted molar refractivity (Wildman–Crippen MR) is 233 cm³/mol. The molecule has 0 aliphatic carbocycles. The molecule has 0 aromatic heterocycles. The lowest BCUT2D eigenvalue weighted by molar-refractivity contribution is -0.136. The number of piperidine rings is 1. The number of amides is 7. The number of fused-ring (bicyclic) bond motifs is 2. The van der Waals surface area contributed by atoms with Crippen molar-refractivity contribution < 1.29 is 42.3 Å². The van der Waals surface area contributed by atoms with Gasteiger partial charge >= 0.3 is 6.03 Å². The quantitative estimate of drug-likeness (QED) is 0.0701. The molecule has 0 spiro atoms. The van der Waals surface area contributed by atoms with Gasteiger partial charge in [-0.25, -0.2) is 13.6 Å². The number of rotatable bonds is 14. The van der Waals surface area contributed by atoms with Crippen LogP contribution in [0, 0.1) is 5.41 Å². The van der Waals surface area contributed by atoms with Crippen molar-refractivity contribution in [2.24, 2.45) is 0 Å². The van der Waals surface area contributed by atoms with E-state index in [-0.39, 0.29) is 66.4 Å². The average molecular weight is 885 g/mol. The van der Waals surface area contributed by atoms with Gasteiger partial charge in [0.15, 0.2) is 0 Å². The van der Waals surface area contributed by atoms with E-state index in [2.05, 4.69) is 26.6 Å². The molecule has 6 N–H and O–H groups in total. The Morgan fingerprint density at radius 1 is 0.938 bits per heavy atom. The van der Waals surface area contributed by atoms with E-state index in [9.17, 15) is 43.0 Å². The highest BCUT2D eigenvalue weighted by molar-refractivity contribution is 6.25. The standard InChI is InChI=1S/C45H54F2N10O7/c1-49-45(63)55-17-11-33(52-28-12-19-64-20-13-28)32(24-55)41(48)56-18-10-26-21-30(31(40(46)47)22-36(26)56)27-9-16-54(23-27)25-38(59)51-15-3-2-14-50-34-6-4-5-29-39(34)44(62)57(43(29)61)35-7-8-37(58)53-42(35)60/h4-6,21-23,28,35,40,48,50,52H,2-3,7-20,24-25H2,1H3,(H,49,63)(H,51,59)(H,53,58,60). The van der Waals surface area contributed by atoms with Gasteiger partial charge in [-0.1, -0.05) is 6.07 Å². The number of carbonyl (C=O) groups is 6. The summed E-state index contributed by atoms with van der Waals surface area (Å²) in [5.74, 6) is -2.30. The van der Waals surface area contributed by atoms with E-state index in [1.807, 2.05) is 11.0 Å². The smallest absolute Gasteiger partial charge is 0.317 e. The number of ether oxygens (including phenoxy) is 1. The zero-order valence-corrected chi connectivity index (χ0v) is 35.8. The average Bonchev–Trinajstić information content (AvgIpc) is 4.00. The van der Waals surface area contributed by atoms with Crippen molar-refractivity contribution in [1.29, 1.82) is 5.41 Å². The summed E-state index contributed by atoms with van der Waals surface area (Å²) in [6, 6.07) is 7.10. The topological polar surface area (TPSA) is 209 Å². The Morgan fingerprint density at radius 3 is 2.50 bits per heavy atom. The van der Waals surface area contributed by atoms with Crippen LogP contribution in [-0.4, -0.2) is 134 Å². The number of hydrogen-bond donors (Lipinski definition) is 6. The summed E-state index contributed by atoms with van der Waals surface area (Å²) in [5.41, 5.74) is 4.88. The lowest BCUT2D eigenvalue weighted by Crippen LogP contribution is -2.54. The third kappa shape index (κ3) is 9.16. The SMILES string of the molecule is CNC(=O)N1CCC(NC2CCOCC2)=C(C(=N)N2CCc3cc(C4=CN(CC(=O)NCCCCNc5cccc6c5C(=O)N(C5CCC(=O)NC5=O)C6=O)CC4)c(C(F)F)cc32)C1. The molecule has 64 heavy (non-hydrogen) atoms. The summed E-state index contributed by atoms with van der Waals surface area (Å²) in [5, 5.41) is 24.0. The van der Waals surface area contributed by atoms with Crippen molar-refractivity contribution in [3.8, 4) is 0 Å². The van der Waals surface area contributed by atoms with Crippen molar-refractivity contribution >= 4 is 58.4 Å². The molecule has 2 aromatic rings. The molecule has 17 nitrogen and oxygen atoms in total. The lowest BCUT2D eigenvalue weighted by Gasteiger charge is -2.36. The van der Waals surface area contributed by atoms with Crippen molar-refractivity contribution in [3.63, 3.8) is 0 Å². The van der Waals surface area contributed by atoms with Crippen LogP contribution < -0.4 is 31.5 Å². The van der Waals surface area contributed by atoms with E-state index in [0.717, 1.165) is 34.6 Å². The van der Waals surface area contributed by atoms with Gasteiger partial charge in [0.2, 0.25) is 17.7 Å². The number of nitrogens with zero attached hydrogens (tertiary/aromatic N) is 4. The van der Waals surface area contributed by atoms with Gasteiger partial charge in [0.05, 0.1) is 24.2 Å². The largest absolute Gasteiger partial charge is 0.385 e. The number of alkyl halides is 2. The second kappa shape index (κ2) is 19.2.